The monoisotopic (exact) mass is 371 g/mol. The number of carbonyl (C=O) groups excluding carboxylic acids is 3. The van der Waals surface area contributed by atoms with Crippen LogP contribution in [0.2, 0.25) is 0 Å². The lowest BCUT2D eigenvalue weighted by Crippen LogP contribution is -2.20. The minimum atomic E-state index is -0.468. The van der Waals surface area contributed by atoms with Gasteiger partial charge in [0.2, 0.25) is 0 Å². The van der Waals surface area contributed by atoms with E-state index in [9.17, 15) is 14.4 Å². The number of nitrogens with one attached hydrogen (secondary N) is 1. The number of esters is 1. The minimum absolute atomic E-state index is 0.0801. The van der Waals surface area contributed by atoms with Crippen molar-refractivity contribution in [1.82, 2.24) is 0 Å². The Labute approximate surface area is 156 Å². The predicted octanol–water partition coefficient (Wildman–Crippen LogP) is 3.87. The van der Waals surface area contributed by atoms with Crippen LogP contribution in [-0.4, -0.2) is 24.3 Å². The molecule has 1 N–H and O–H groups in total. The molecule has 1 heterocycles. The SMILES string of the molecule is CC(=O)c1cccc(NC(=O)COC(=O)c2cc3c(s2)CCC(C)C3)c1. The maximum atomic E-state index is 12.2. The third-order valence-corrected chi connectivity index (χ3v) is 5.63. The molecule has 0 radical (unpaired) electrons. The average Bonchev–Trinajstić information content (AvgIpc) is 3.03. The van der Waals surface area contributed by atoms with Gasteiger partial charge < -0.3 is 10.1 Å². The van der Waals surface area contributed by atoms with Crippen molar-refractivity contribution in [3.8, 4) is 0 Å². The summed E-state index contributed by atoms with van der Waals surface area (Å²) >= 11 is 1.46. The van der Waals surface area contributed by atoms with E-state index >= 15 is 0 Å². The van der Waals surface area contributed by atoms with Crippen LogP contribution in [0.4, 0.5) is 5.69 Å². The molecule has 2 aromatic rings. The molecule has 0 saturated carbocycles. The highest BCUT2D eigenvalue weighted by Gasteiger charge is 2.21. The number of Topliss-reactive ketones (excluding diaryl/α,β-unsaturated/α-hetero) is 1. The first-order chi connectivity index (χ1) is 12.4. The fraction of sp³-hybridized carbons (Fsp3) is 0.350. The number of hydrogen-bond acceptors (Lipinski definition) is 5. The number of anilines is 1. The van der Waals surface area contributed by atoms with Crippen molar-refractivity contribution in [2.75, 3.05) is 11.9 Å². The van der Waals surface area contributed by atoms with Crippen molar-refractivity contribution >= 4 is 34.7 Å². The zero-order valence-electron chi connectivity index (χ0n) is 14.8. The third-order valence-electron chi connectivity index (χ3n) is 4.42. The summed E-state index contributed by atoms with van der Waals surface area (Å²) in [6, 6.07) is 8.54. The molecule has 1 aromatic heterocycles. The van der Waals surface area contributed by atoms with Crippen molar-refractivity contribution in [3.05, 3.63) is 51.2 Å². The summed E-state index contributed by atoms with van der Waals surface area (Å²) in [4.78, 5) is 37.4. The molecule has 0 saturated heterocycles. The van der Waals surface area contributed by atoms with Crippen molar-refractivity contribution < 1.29 is 19.1 Å². The highest BCUT2D eigenvalue weighted by Crippen LogP contribution is 2.32. The van der Waals surface area contributed by atoms with Gasteiger partial charge in [0.25, 0.3) is 5.91 Å². The van der Waals surface area contributed by atoms with Gasteiger partial charge in [0.15, 0.2) is 12.4 Å². The second-order valence-electron chi connectivity index (χ2n) is 6.67. The summed E-state index contributed by atoms with van der Waals surface area (Å²) < 4.78 is 5.14. The van der Waals surface area contributed by atoms with Gasteiger partial charge in [-0.05, 0) is 55.9 Å². The van der Waals surface area contributed by atoms with Gasteiger partial charge in [-0.15, -0.1) is 11.3 Å². The lowest BCUT2D eigenvalue weighted by molar-refractivity contribution is -0.119. The van der Waals surface area contributed by atoms with Crippen LogP contribution < -0.4 is 5.32 Å². The average molecular weight is 371 g/mol. The van der Waals surface area contributed by atoms with Gasteiger partial charge in [-0.1, -0.05) is 19.1 Å². The van der Waals surface area contributed by atoms with Crippen LogP contribution in [0.1, 0.15) is 50.7 Å². The predicted molar refractivity (Wildman–Crippen MR) is 101 cm³/mol. The van der Waals surface area contributed by atoms with Crippen molar-refractivity contribution in [1.29, 1.82) is 0 Å². The first kappa shape index (κ1) is 18.3. The molecule has 1 aliphatic rings. The van der Waals surface area contributed by atoms with E-state index in [1.165, 1.54) is 28.7 Å². The standard InChI is InChI=1S/C20H21NO4S/c1-12-6-7-17-15(8-12)10-18(26-17)20(24)25-11-19(23)21-16-5-3-4-14(9-16)13(2)22/h3-5,9-10,12H,6-8,11H2,1-2H3,(H,21,23). The normalized spacial score (nSPS) is 15.8. The number of ketones is 1. The Bertz CT molecular complexity index is 855. The van der Waals surface area contributed by atoms with E-state index in [2.05, 4.69) is 12.2 Å². The second kappa shape index (κ2) is 7.83. The number of carbonyl (C=O) groups is 3. The summed E-state index contributed by atoms with van der Waals surface area (Å²) in [5, 5.41) is 2.63. The first-order valence-corrected chi connectivity index (χ1v) is 9.43. The molecule has 1 atom stereocenters. The Morgan fingerprint density at radius 1 is 1.27 bits per heavy atom. The van der Waals surface area contributed by atoms with Gasteiger partial charge in [-0.2, -0.15) is 0 Å². The van der Waals surface area contributed by atoms with Crippen LogP contribution in [0.5, 0.6) is 0 Å². The molecule has 1 aromatic carbocycles. The van der Waals surface area contributed by atoms with Crippen LogP contribution in [0.25, 0.3) is 0 Å². The molecule has 26 heavy (non-hydrogen) atoms. The Hall–Kier alpha value is -2.47. The number of thiophene rings is 1. The van der Waals surface area contributed by atoms with E-state index in [0.717, 1.165) is 19.3 Å². The Kier molecular flexibility index (Phi) is 5.52. The number of hydrogen-bond donors (Lipinski definition) is 1. The molecule has 1 aliphatic carbocycles. The molecule has 1 unspecified atom stereocenters. The molecule has 0 spiro atoms. The summed E-state index contributed by atoms with van der Waals surface area (Å²) in [5.41, 5.74) is 2.24. The lowest BCUT2D eigenvalue weighted by atomic mass is 9.90. The summed E-state index contributed by atoms with van der Waals surface area (Å²) in [6.07, 6.45) is 3.14. The van der Waals surface area contributed by atoms with Crippen LogP contribution >= 0.6 is 11.3 Å². The zero-order chi connectivity index (χ0) is 18.7. The summed E-state index contributed by atoms with van der Waals surface area (Å²) in [6.45, 7) is 3.32. The molecule has 0 bridgehead atoms. The van der Waals surface area contributed by atoms with Crippen molar-refractivity contribution in [2.45, 2.75) is 33.1 Å². The van der Waals surface area contributed by atoms with Crippen LogP contribution in [0.3, 0.4) is 0 Å². The molecule has 6 heteroatoms. The molecule has 0 fully saturated rings. The smallest absolute Gasteiger partial charge is 0.348 e. The first-order valence-electron chi connectivity index (χ1n) is 8.62. The molecule has 0 aliphatic heterocycles. The Balaban J connectivity index is 1.55. The number of fused-ring (bicyclic) bond motifs is 1. The largest absolute Gasteiger partial charge is 0.451 e. The molecule has 136 valence electrons. The quantitative estimate of drug-likeness (QED) is 0.640. The Morgan fingerprint density at radius 3 is 2.85 bits per heavy atom. The van der Waals surface area contributed by atoms with E-state index in [4.69, 9.17) is 4.74 Å². The van der Waals surface area contributed by atoms with Crippen LogP contribution in [-0.2, 0) is 22.4 Å². The van der Waals surface area contributed by atoms with E-state index in [-0.39, 0.29) is 12.4 Å². The van der Waals surface area contributed by atoms with E-state index < -0.39 is 11.9 Å². The Morgan fingerprint density at radius 2 is 2.08 bits per heavy atom. The van der Waals surface area contributed by atoms with Crippen LogP contribution in [0, 0.1) is 5.92 Å². The topological polar surface area (TPSA) is 72.5 Å². The van der Waals surface area contributed by atoms with E-state index in [0.29, 0.717) is 22.0 Å². The second-order valence-corrected chi connectivity index (χ2v) is 7.81. The highest BCUT2D eigenvalue weighted by atomic mass is 32.1. The number of amides is 1. The van der Waals surface area contributed by atoms with Gasteiger partial charge in [-0.3, -0.25) is 9.59 Å². The number of benzene rings is 1. The van der Waals surface area contributed by atoms with Gasteiger partial charge in [0.05, 0.1) is 0 Å². The number of ether oxygens (including phenoxy) is 1. The minimum Gasteiger partial charge on any atom is -0.451 e. The van der Waals surface area contributed by atoms with Gasteiger partial charge >= 0.3 is 5.97 Å². The van der Waals surface area contributed by atoms with Gasteiger partial charge in [-0.25, -0.2) is 4.79 Å². The number of rotatable bonds is 5. The zero-order valence-corrected chi connectivity index (χ0v) is 15.7. The maximum absolute atomic E-state index is 12.2. The van der Waals surface area contributed by atoms with Gasteiger partial charge in [0, 0.05) is 16.1 Å². The van der Waals surface area contributed by atoms with E-state index in [1.54, 1.807) is 24.3 Å². The molecular weight excluding hydrogens is 350 g/mol. The molecule has 3 rings (SSSR count). The molecule has 5 nitrogen and oxygen atoms in total. The lowest BCUT2D eigenvalue weighted by Gasteiger charge is -2.16. The fourth-order valence-electron chi connectivity index (χ4n) is 3.02. The van der Waals surface area contributed by atoms with Crippen molar-refractivity contribution in [2.24, 2.45) is 5.92 Å². The van der Waals surface area contributed by atoms with E-state index in [1.807, 2.05) is 6.07 Å². The molecular formula is C20H21NO4S. The number of aryl methyl sites for hydroxylation is 1. The summed E-state index contributed by atoms with van der Waals surface area (Å²) in [7, 11) is 0. The highest BCUT2D eigenvalue weighted by molar-refractivity contribution is 7.14. The van der Waals surface area contributed by atoms with Crippen molar-refractivity contribution in [3.63, 3.8) is 0 Å². The van der Waals surface area contributed by atoms with Crippen LogP contribution in [0.15, 0.2) is 30.3 Å². The fourth-order valence-corrected chi connectivity index (χ4v) is 4.12. The maximum Gasteiger partial charge on any atom is 0.348 e. The molecule has 1 amide bonds. The van der Waals surface area contributed by atoms with Gasteiger partial charge in [0.1, 0.15) is 4.88 Å². The third kappa shape index (κ3) is 4.38. The summed E-state index contributed by atoms with van der Waals surface area (Å²) in [5.74, 6) is -0.347.